The third kappa shape index (κ3) is 3.52. The predicted molar refractivity (Wildman–Crippen MR) is 123 cm³/mol. The number of methoxy groups -OCH3 is 2. The summed E-state index contributed by atoms with van der Waals surface area (Å²) >= 11 is 0. The number of nitrogens with zero attached hydrogens (tertiary/aromatic N) is 1. The second-order valence-electron chi connectivity index (χ2n) is 7.62. The highest BCUT2D eigenvalue weighted by molar-refractivity contribution is 5.72. The van der Waals surface area contributed by atoms with Crippen LogP contribution >= 0.6 is 0 Å². The average Bonchev–Trinajstić information content (AvgIpc) is 3.29. The molecular weight excluding hydrogens is 404 g/mol. The molecule has 1 N–H and O–H groups in total. The van der Waals surface area contributed by atoms with E-state index in [9.17, 15) is 0 Å². The van der Waals surface area contributed by atoms with Crippen LogP contribution in [0.25, 0.3) is 5.70 Å². The zero-order valence-corrected chi connectivity index (χ0v) is 18.4. The van der Waals surface area contributed by atoms with Gasteiger partial charge in [0.25, 0.3) is 0 Å². The van der Waals surface area contributed by atoms with E-state index in [1.54, 1.807) is 14.2 Å². The highest BCUT2D eigenvalue weighted by atomic mass is 16.5. The molecule has 32 heavy (non-hydrogen) atoms. The van der Waals surface area contributed by atoms with Crippen molar-refractivity contribution in [3.63, 3.8) is 0 Å². The molecule has 2 heterocycles. The fourth-order valence-electron chi connectivity index (χ4n) is 4.23. The molecule has 0 spiro atoms. The van der Waals surface area contributed by atoms with Gasteiger partial charge in [0.15, 0.2) is 6.23 Å². The number of hydrazine groups is 1. The first-order chi connectivity index (χ1) is 15.7. The third-order valence-corrected chi connectivity index (χ3v) is 5.78. The summed E-state index contributed by atoms with van der Waals surface area (Å²) in [6, 6.07) is 22.1. The van der Waals surface area contributed by atoms with Gasteiger partial charge in [0.1, 0.15) is 23.0 Å². The molecular formula is C26H26N2O4. The molecule has 2 atom stereocenters. The largest absolute Gasteiger partial charge is 0.497 e. The first kappa shape index (κ1) is 20.3. The van der Waals surface area contributed by atoms with Crippen molar-refractivity contribution < 1.29 is 18.9 Å². The van der Waals surface area contributed by atoms with Crippen LogP contribution in [-0.2, 0) is 0 Å². The Morgan fingerprint density at radius 1 is 0.938 bits per heavy atom. The van der Waals surface area contributed by atoms with Crippen LogP contribution < -0.4 is 24.4 Å². The molecule has 5 rings (SSSR count). The lowest BCUT2D eigenvalue weighted by Crippen LogP contribution is -2.43. The van der Waals surface area contributed by atoms with Gasteiger partial charge in [-0.2, -0.15) is 5.01 Å². The Morgan fingerprint density at radius 3 is 2.47 bits per heavy atom. The number of rotatable bonds is 6. The molecule has 0 saturated carbocycles. The van der Waals surface area contributed by atoms with E-state index in [0.29, 0.717) is 6.61 Å². The average molecular weight is 431 g/mol. The van der Waals surface area contributed by atoms with Crippen LogP contribution in [0.5, 0.6) is 23.0 Å². The predicted octanol–water partition coefficient (Wildman–Crippen LogP) is 5.10. The monoisotopic (exact) mass is 430 g/mol. The van der Waals surface area contributed by atoms with E-state index in [-0.39, 0.29) is 12.3 Å². The zero-order valence-electron chi connectivity index (χ0n) is 18.4. The van der Waals surface area contributed by atoms with Gasteiger partial charge in [0, 0.05) is 22.8 Å². The maximum atomic E-state index is 6.45. The minimum Gasteiger partial charge on any atom is -0.497 e. The van der Waals surface area contributed by atoms with Crippen molar-refractivity contribution in [2.45, 2.75) is 19.2 Å². The van der Waals surface area contributed by atoms with Gasteiger partial charge in [-0.15, -0.1) is 0 Å². The van der Waals surface area contributed by atoms with Gasteiger partial charge in [0.2, 0.25) is 0 Å². The van der Waals surface area contributed by atoms with Gasteiger partial charge in [-0.1, -0.05) is 30.3 Å². The SMILES string of the molecule is CCOc1ccc([C@H]2Oc3ccccc3[C@@H]3C=C(c4ccc(OC)cc4OC)NN23)cc1. The second-order valence-corrected chi connectivity index (χ2v) is 7.62. The number of hydrogen-bond acceptors (Lipinski definition) is 6. The second kappa shape index (κ2) is 8.48. The first-order valence-electron chi connectivity index (χ1n) is 10.7. The molecule has 3 aromatic carbocycles. The van der Waals surface area contributed by atoms with E-state index in [2.05, 4.69) is 22.6 Å². The Balaban J connectivity index is 1.53. The van der Waals surface area contributed by atoms with Crippen molar-refractivity contribution >= 4 is 5.70 Å². The fraction of sp³-hybridized carbons (Fsp3) is 0.231. The van der Waals surface area contributed by atoms with Crippen LogP contribution in [0, 0.1) is 0 Å². The van der Waals surface area contributed by atoms with Crippen molar-refractivity contribution in [2.75, 3.05) is 20.8 Å². The zero-order chi connectivity index (χ0) is 22.1. The summed E-state index contributed by atoms with van der Waals surface area (Å²) in [5, 5.41) is 2.14. The van der Waals surface area contributed by atoms with Crippen molar-refractivity contribution in [3.05, 3.63) is 89.5 Å². The molecule has 0 amide bonds. The molecule has 6 nitrogen and oxygen atoms in total. The summed E-state index contributed by atoms with van der Waals surface area (Å²) in [7, 11) is 3.32. The molecule has 0 bridgehead atoms. The Kier molecular flexibility index (Phi) is 5.37. The van der Waals surface area contributed by atoms with Crippen LogP contribution in [0.2, 0.25) is 0 Å². The molecule has 0 aliphatic carbocycles. The quantitative estimate of drug-likeness (QED) is 0.588. The Morgan fingerprint density at radius 2 is 1.72 bits per heavy atom. The molecule has 0 aromatic heterocycles. The van der Waals surface area contributed by atoms with Crippen LogP contribution in [0.4, 0.5) is 0 Å². The molecule has 0 fully saturated rings. The minimum atomic E-state index is -0.302. The standard InChI is InChI=1S/C26H26N2O4/c1-4-31-18-11-9-17(10-12-18)26-28-23(21-7-5-6-8-24(21)32-26)16-22(27-28)20-14-13-19(29-2)15-25(20)30-3/h5-16,23,26-27H,4H2,1-3H3/t23-,26+/m0/s1. The summed E-state index contributed by atoms with van der Waals surface area (Å²) in [4.78, 5) is 0. The van der Waals surface area contributed by atoms with E-state index in [1.807, 2.05) is 67.6 Å². The van der Waals surface area contributed by atoms with Crippen LogP contribution in [0.1, 0.15) is 35.9 Å². The summed E-state index contributed by atoms with van der Waals surface area (Å²) < 4.78 is 23.1. The van der Waals surface area contributed by atoms with Gasteiger partial charge in [-0.3, -0.25) is 0 Å². The van der Waals surface area contributed by atoms with Crippen molar-refractivity contribution in [1.82, 2.24) is 10.4 Å². The van der Waals surface area contributed by atoms with E-state index in [1.165, 1.54) is 0 Å². The number of ether oxygens (including phenoxy) is 4. The minimum absolute atomic E-state index is 0.0123. The number of nitrogens with one attached hydrogen (secondary N) is 1. The lowest BCUT2D eigenvalue weighted by molar-refractivity contribution is -0.0326. The normalized spacial score (nSPS) is 19.2. The van der Waals surface area contributed by atoms with Crippen molar-refractivity contribution in [3.8, 4) is 23.0 Å². The van der Waals surface area contributed by atoms with Gasteiger partial charge < -0.3 is 24.4 Å². The van der Waals surface area contributed by atoms with Crippen LogP contribution in [0.3, 0.4) is 0 Å². The van der Waals surface area contributed by atoms with Gasteiger partial charge in [-0.05, 0) is 43.3 Å². The highest BCUT2D eigenvalue weighted by Gasteiger charge is 2.40. The molecule has 6 heteroatoms. The molecule has 2 aliphatic rings. The first-order valence-corrected chi connectivity index (χ1v) is 10.7. The Labute approximate surface area is 187 Å². The maximum absolute atomic E-state index is 6.45. The van der Waals surface area contributed by atoms with Crippen molar-refractivity contribution in [2.24, 2.45) is 0 Å². The van der Waals surface area contributed by atoms with E-state index >= 15 is 0 Å². The van der Waals surface area contributed by atoms with Crippen LogP contribution in [-0.4, -0.2) is 25.8 Å². The van der Waals surface area contributed by atoms with Crippen molar-refractivity contribution in [1.29, 1.82) is 0 Å². The smallest absolute Gasteiger partial charge is 0.195 e. The van der Waals surface area contributed by atoms with Gasteiger partial charge in [-0.25, -0.2) is 0 Å². The lowest BCUT2D eigenvalue weighted by atomic mass is 10.0. The molecule has 164 valence electrons. The number of hydrogen-bond donors (Lipinski definition) is 1. The highest BCUT2D eigenvalue weighted by Crippen LogP contribution is 2.46. The maximum Gasteiger partial charge on any atom is 0.195 e. The van der Waals surface area contributed by atoms with E-state index in [0.717, 1.165) is 45.4 Å². The summed E-state index contributed by atoms with van der Waals surface area (Å²) in [5.74, 6) is 3.23. The van der Waals surface area contributed by atoms with E-state index in [4.69, 9.17) is 18.9 Å². The number of fused-ring (bicyclic) bond motifs is 3. The topological polar surface area (TPSA) is 52.2 Å². The van der Waals surface area contributed by atoms with Crippen LogP contribution in [0.15, 0.2) is 72.8 Å². The summed E-state index contributed by atoms with van der Waals surface area (Å²) in [6.07, 6.45) is 1.91. The molecule has 3 aromatic rings. The molecule has 0 radical (unpaired) electrons. The number of para-hydroxylation sites is 1. The molecule has 0 saturated heterocycles. The Bertz CT molecular complexity index is 1140. The Hall–Kier alpha value is -3.64. The van der Waals surface area contributed by atoms with E-state index < -0.39 is 0 Å². The summed E-state index contributed by atoms with van der Waals surface area (Å²) in [6.45, 7) is 2.62. The molecule has 2 aliphatic heterocycles. The third-order valence-electron chi connectivity index (χ3n) is 5.78. The summed E-state index contributed by atoms with van der Waals surface area (Å²) in [5.41, 5.74) is 7.65. The van der Waals surface area contributed by atoms with Gasteiger partial charge >= 0.3 is 0 Å². The lowest BCUT2D eigenvalue weighted by Gasteiger charge is -2.39. The molecule has 0 unspecified atom stereocenters. The fourth-order valence-corrected chi connectivity index (χ4v) is 4.23. The number of benzene rings is 3. The van der Waals surface area contributed by atoms with Gasteiger partial charge in [0.05, 0.1) is 32.6 Å².